The van der Waals surface area contributed by atoms with Crippen LogP contribution in [0, 0.1) is 0 Å². The number of nitrogens with zero attached hydrogens (tertiary/aromatic N) is 7. The molecule has 0 aliphatic rings. The first kappa shape index (κ1) is 47.8. The van der Waals surface area contributed by atoms with Crippen molar-refractivity contribution < 1.29 is 31.1 Å². The number of H-pyrrole nitrogens is 1. The summed E-state index contributed by atoms with van der Waals surface area (Å²) >= 11 is 12.1. The van der Waals surface area contributed by atoms with E-state index in [-0.39, 0.29) is 24.7 Å². The molecule has 358 valence electrons. The first-order valence-electron chi connectivity index (χ1n) is 21.3. The van der Waals surface area contributed by atoms with Crippen molar-refractivity contribution in [1.29, 1.82) is 0 Å². The lowest BCUT2D eigenvalue weighted by Crippen LogP contribution is -2.30. The molecule has 1 N–H and O–H groups in total. The van der Waals surface area contributed by atoms with Gasteiger partial charge in [0.15, 0.2) is 11.3 Å². The molecule has 12 nitrogen and oxygen atoms in total. The van der Waals surface area contributed by atoms with Crippen LogP contribution in [0.15, 0.2) is 172 Å². The van der Waals surface area contributed by atoms with E-state index in [1.807, 2.05) is 72.8 Å². The van der Waals surface area contributed by atoms with Crippen LogP contribution < -0.4 is 21.8 Å². The van der Waals surface area contributed by atoms with Crippen molar-refractivity contribution in [2.24, 2.45) is 0 Å². The number of aromatic amines is 1. The van der Waals surface area contributed by atoms with Crippen LogP contribution in [-0.2, 0) is 25.4 Å². The summed E-state index contributed by atoms with van der Waals surface area (Å²) in [4.78, 5) is 46.8. The molecule has 4 aromatic heterocycles. The van der Waals surface area contributed by atoms with Gasteiger partial charge in [-0.2, -0.15) is 40.1 Å². The van der Waals surface area contributed by atoms with Gasteiger partial charge in [0.2, 0.25) is 0 Å². The monoisotopic (exact) mass is 1010 g/mol. The second-order valence-electron chi connectivity index (χ2n) is 15.8. The van der Waals surface area contributed by atoms with Gasteiger partial charge in [0, 0.05) is 15.6 Å². The van der Waals surface area contributed by atoms with Crippen molar-refractivity contribution in [3.05, 3.63) is 221 Å². The Balaban J connectivity index is 0.000000176. The average Bonchev–Trinajstić information content (AvgIpc) is 3.86. The zero-order valence-corrected chi connectivity index (χ0v) is 38.2. The summed E-state index contributed by atoms with van der Waals surface area (Å²) in [7, 11) is 1.40. The molecular weight excluding hydrogens is 974 g/mol. The number of methoxy groups -OCH3 is 1. The van der Waals surface area contributed by atoms with Crippen molar-refractivity contribution in [3.8, 4) is 50.8 Å². The zero-order chi connectivity index (χ0) is 50.2. The number of hydrogen-bond acceptors (Lipinski definition) is 7. The number of alkyl halides is 6. The number of benzene rings is 6. The third-order valence-corrected chi connectivity index (χ3v) is 11.7. The summed E-state index contributed by atoms with van der Waals surface area (Å²) in [6.45, 7) is -0.144. The molecule has 0 amide bonds. The number of ether oxygens (including phenoxy) is 1. The van der Waals surface area contributed by atoms with E-state index in [0.29, 0.717) is 60.5 Å². The third kappa shape index (κ3) is 9.84. The summed E-state index contributed by atoms with van der Waals surface area (Å²) in [5, 5.41) is 10.1. The second-order valence-corrected chi connectivity index (χ2v) is 16.7. The van der Waals surface area contributed by atoms with Crippen molar-refractivity contribution >= 4 is 34.5 Å². The van der Waals surface area contributed by atoms with Crippen LogP contribution in [0.25, 0.3) is 56.1 Å². The molecule has 0 fully saturated rings. The molecule has 0 unspecified atom stereocenters. The Morgan fingerprint density at radius 3 is 1.39 bits per heavy atom. The highest BCUT2D eigenvalue weighted by Crippen LogP contribution is 2.37. The van der Waals surface area contributed by atoms with E-state index in [0.717, 1.165) is 44.5 Å². The molecular formula is C51H34Cl2F6N8O4. The van der Waals surface area contributed by atoms with Crippen LogP contribution in [0.5, 0.6) is 6.01 Å². The number of halogens is 8. The Hall–Kier alpha value is -8.22. The molecule has 10 rings (SSSR count). The smallest absolute Gasteiger partial charge is 0.416 e. The molecule has 71 heavy (non-hydrogen) atoms. The molecule has 0 bridgehead atoms. The molecule has 4 heterocycles. The highest BCUT2D eigenvalue weighted by Gasteiger charge is 2.31. The molecule has 0 saturated carbocycles. The van der Waals surface area contributed by atoms with Crippen LogP contribution in [0.2, 0.25) is 10.0 Å². The van der Waals surface area contributed by atoms with Gasteiger partial charge >= 0.3 is 35.4 Å². The summed E-state index contributed by atoms with van der Waals surface area (Å²) < 4.78 is 87.3. The number of nitrogens with one attached hydrogen (secondary N) is 1. The topological polar surface area (TPSA) is 134 Å². The van der Waals surface area contributed by atoms with Crippen LogP contribution in [-0.4, -0.2) is 45.4 Å². The highest BCUT2D eigenvalue weighted by molar-refractivity contribution is 6.31. The molecule has 0 aliphatic heterocycles. The van der Waals surface area contributed by atoms with E-state index in [9.17, 15) is 40.7 Å². The molecule has 6 aromatic carbocycles. The predicted molar refractivity (Wildman–Crippen MR) is 257 cm³/mol. The molecule has 0 spiro atoms. The largest absolute Gasteiger partial charge is 0.468 e. The molecule has 10 aromatic rings. The molecule has 20 heteroatoms. The zero-order valence-electron chi connectivity index (χ0n) is 36.7. The molecule has 0 atom stereocenters. The van der Waals surface area contributed by atoms with Gasteiger partial charge in [-0.3, -0.25) is 0 Å². The third-order valence-electron chi connectivity index (χ3n) is 11.2. The lowest BCUT2D eigenvalue weighted by atomic mass is 10.00. The van der Waals surface area contributed by atoms with E-state index >= 15 is 0 Å². The number of fused-ring (bicyclic) bond motifs is 2. The minimum atomic E-state index is -4.46. The minimum absolute atomic E-state index is 0.0262. The van der Waals surface area contributed by atoms with Gasteiger partial charge in [-0.15, -0.1) is 10.2 Å². The van der Waals surface area contributed by atoms with Crippen LogP contribution in [0.3, 0.4) is 0 Å². The average molecular weight is 1010 g/mol. The highest BCUT2D eigenvalue weighted by atomic mass is 35.5. The Kier molecular flexibility index (Phi) is 13.0. The lowest BCUT2D eigenvalue weighted by molar-refractivity contribution is -0.138. The van der Waals surface area contributed by atoms with Gasteiger partial charge < -0.3 is 9.72 Å². The Bertz CT molecular complexity index is 3730. The van der Waals surface area contributed by atoms with E-state index in [1.54, 1.807) is 36.4 Å². The lowest BCUT2D eigenvalue weighted by Gasteiger charge is -2.13. The van der Waals surface area contributed by atoms with Gasteiger partial charge in [0.25, 0.3) is 0 Å². The fraction of sp³-hybridized carbons (Fsp3) is 0.0980. The fourth-order valence-corrected chi connectivity index (χ4v) is 8.08. The Morgan fingerprint density at radius 1 is 0.521 bits per heavy atom. The van der Waals surface area contributed by atoms with E-state index in [2.05, 4.69) is 20.2 Å². The summed E-state index contributed by atoms with van der Waals surface area (Å²) in [6, 6.07) is 41.5. The summed E-state index contributed by atoms with van der Waals surface area (Å²) in [6.07, 6.45) is -8.91. The quantitative estimate of drug-likeness (QED) is 0.142. The molecule has 0 aliphatic carbocycles. The van der Waals surface area contributed by atoms with E-state index in [4.69, 9.17) is 27.9 Å². The first-order chi connectivity index (χ1) is 34.0. The number of rotatable bonds is 9. The van der Waals surface area contributed by atoms with Gasteiger partial charge in [-0.05, 0) is 76.3 Å². The Labute approximate surface area is 407 Å². The minimum Gasteiger partial charge on any atom is -0.468 e. The summed E-state index contributed by atoms with van der Waals surface area (Å²) in [5.41, 5.74) is 2.86. The maximum absolute atomic E-state index is 13.4. The first-order valence-corrected chi connectivity index (χ1v) is 22.0. The second kappa shape index (κ2) is 19.3. The standard InChI is InChI=1S/C26H18ClF3N4O2.C25H16ClF3N4O2/c1-36-24-31-22(18-9-13-20(27)14-10-18)21(17-5-3-2-4-6-17)23-32-33(25(35)34(23)24)15-16-7-11-19(12-8-16)26(28,29)30;26-19-12-8-17(9-13-19)21-20(16-4-2-1-3-5-16)22-31-32(24(35)33(22)23(34)30-21)14-15-6-10-18(11-7-15)25(27,28)29/h2-14H,15H2,1H3;1-13H,14H2,(H,30,34). The van der Waals surface area contributed by atoms with Crippen molar-refractivity contribution in [1.82, 2.24) is 38.3 Å². The summed E-state index contributed by atoms with van der Waals surface area (Å²) in [5.74, 6) is 0. The Morgan fingerprint density at radius 2 is 0.944 bits per heavy atom. The van der Waals surface area contributed by atoms with Gasteiger partial charge in [0.1, 0.15) is 0 Å². The van der Waals surface area contributed by atoms with E-state index < -0.39 is 40.5 Å². The van der Waals surface area contributed by atoms with Crippen molar-refractivity contribution in [2.45, 2.75) is 25.4 Å². The van der Waals surface area contributed by atoms with Crippen LogP contribution >= 0.6 is 23.2 Å². The van der Waals surface area contributed by atoms with Gasteiger partial charge in [-0.25, -0.2) is 23.7 Å². The van der Waals surface area contributed by atoms with Crippen molar-refractivity contribution in [2.75, 3.05) is 7.11 Å². The number of aromatic nitrogens is 8. The van der Waals surface area contributed by atoms with Gasteiger partial charge in [0.05, 0.1) is 53.8 Å². The fourth-order valence-electron chi connectivity index (χ4n) is 7.83. The normalized spacial score (nSPS) is 11.7. The van der Waals surface area contributed by atoms with Crippen molar-refractivity contribution in [3.63, 3.8) is 0 Å². The maximum Gasteiger partial charge on any atom is 0.416 e. The SMILES string of the molecule is COc1nc(-c2ccc(Cl)cc2)c(-c2ccccc2)c2nn(Cc3ccc(C(F)(F)F)cc3)c(=O)n12.O=c1[nH]c(-c2ccc(Cl)cc2)c(-c2ccccc2)c2nn(Cc3ccc(C(F)(F)F)cc3)c(=O)n12. The predicted octanol–water partition coefficient (Wildman–Crippen LogP) is 11.2. The van der Waals surface area contributed by atoms with E-state index in [1.165, 1.54) is 40.5 Å². The molecule has 0 radical (unpaired) electrons. The maximum atomic E-state index is 13.4. The van der Waals surface area contributed by atoms with Gasteiger partial charge in [-0.1, -0.05) is 132 Å². The van der Waals surface area contributed by atoms with Crippen LogP contribution in [0.1, 0.15) is 22.3 Å². The van der Waals surface area contributed by atoms with Crippen LogP contribution in [0.4, 0.5) is 26.3 Å². The number of hydrogen-bond donors (Lipinski definition) is 1. The molecule has 0 saturated heterocycles.